The third-order valence-corrected chi connectivity index (χ3v) is 11.2. The molecular weight excluding hydrogens is 640 g/mol. The van der Waals surface area contributed by atoms with E-state index in [1.54, 1.807) is 0 Å². The lowest BCUT2D eigenvalue weighted by Gasteiger charge is -2.46. The Kier molecular flexibility index (Phi) is 9.59. The Hall–Kier alpha value is -4.04. The number of hydrogen-bond acceptors (Lipinski definition) is 7. The van der Waals surface area contributed by atoms with Crippen molar-refractivity contribution in [3.8, 4) is 23.0 Å². The average molecular weight is 693 g/mol. The second-order valence-corrected chi connectivity index (χ2v) is 15.7. The van der Waals surface area contributed by atoms with E-state index >= 15 is 0 Å². The highest BCUT2D eigenvalue weighted by Crippen LogP contribution is 2.38. The largest absolute Gasteiger partial charge is 0.491 e. The second kappa shape index (κ2) is 13.8. The summed E-state index contributed by atoms with van der Waals surface area (Å²) in [6.45, 7) is 18.4. The van der Waals surface area contributed by atoms with Crippen molar-refractivity contribution < 1.29 is 33.2 Å². The molecule has 0 radical (unpaired) electrons. The van der Waals surface area contributed by atoms with Crippen LogP contribution in [0.25, 0.3) is 0 Å². The fraction of sp³-hybridized carbons (Fsp3) is 0.455. The van der Waals surface area contributed by atoms with Crippen LogP contribution in [0.1, 0.15) is 77.1 Å². The molecule has 0 N–H and O–H groups in total. The molecule has 7 rings (SSSR count). The summed E-state index contributed by atoms with van der Waals surface area (Å²) in [4.78, 5) is 0. The first kappa shape index (κ1) is 35.4. The van der Waals surface area contributed by atoms with Crippen LogP contribution in [0.5, 0.6) is 23.0 Å². The van der Waals surface area contributed by atoms with Crippen LogP contribution in [0.3, 0.4) is 0 Å². The maximum atomic E-state index is 6.50. The number of hydrogen-bond donors (Lipinski definition) is 0. The topological polar surface area (TPSA) is 71.2 Å². The van der Waals surface area contributed by atoms with Crippen LogP contribution in [0.4, 0.5) is 0 Å². The maximum Gasteiger partial charge on any atom is 0.159 e. The Morgan fingerprint density at radius 1 is 0.588 bits per heavy atom. The van der Waals surface area contributed by atoms with Gasteiger partial charge in [0.25, 0.3) is 0 Å². The van der Waals surface area contributed by atoms with Gasteiger partial charge in [-0.25, -0.2) is 0 Å². The molecule has 5 unspecified atom stereocenters. The van der Waals surface area contributed by atoms with Crippen molar-refractivity contribution in [2.24, 2.45) is 0 Å². The zero-order chi connectivity index (χ0) is 35.9. The number of ether oxygens (including phenoxy) is 7. The first-order valence-electron chi connectivity index (χ1n) is 18.3. The predicted octanol–water partition coefficient (Wildman–Crippen LogP) is 8.68. The van der Waals surface area contributed by atoms with Gasteiger partial charge in [0.15, 0.2) is 5.60 Å². The van der Waals surface area contributed by atoms with Crippen LogP contribution >= 0.6 is 0 Å². The molecule has 7 heteroatoms. The number of epoxide rings is 2. The lowest BCUT2D eigenvalue weighted by Crippen LogP contribution is -2.62. The van der Waals surface area contributed by atoms with Crippen LogP contribution in [-0.4, -0.2) is 62.5 Å². The van der Waals surface area contributed by atoms with Gasteiger partial charge >= 0.3 is 0 Å². The van der Waals surface area contributed by atoms with Crippen molar-refractivity contribution in [3.05, 3.63) is 119 Å². The predicted molar refractivity (Wildman–Crippen MR) is 199 cm³/mol. The summed E-state index contributed by atoms with van der Waals surface area (Å²) in [6, 6.07) is 33.6. The van der Waals surface area contributed by atoms with Gasteiger partial charge in [0.05, 0.1) is 19.8 Å². The van der Waals surface area contributed by atoms with Crippen molar-refractivity contribution in [2.75, 3.05) is 33.0 Å². The summed E-state index contributed by atoms with van der Waals surface area (Å²) >= 11 is 0. The van der Waals surface area contributed by atoms with Gasteiger partial charge in [-0.2, -0.15) is 0 Å². The highest BCUT2D eigenvalue weighted by molar-refractivity contribution is 5.43. The van der Waals surface area contributed by atoms with Crippen LogP contribution in [0.15, 0.2) is 97.1 Å². The molecule has 270 valence electrons. The van der Waals surface area contributed by atoms with Crippen molar-refractivity contribution in [2.45, 2.75) is 95.2 Å². The van der Waals surface area contributed by atoms with E-state index in [2.05, 4.69) is 121 Å². The second-order valence-electron chi connectivity index (χ2n) is 15.7. The Bertz CT molecular complexity index is 1760. The average Bonchev–Trinajstić information content (AvgIpc) is 4.06. The fourth-order valence-electron chi connectivity index (χ4n) is 6.73. The van der Waals surface area contributed by atoms with Gasteiger partial charge in [0, 0.05) is 10.8 Å². The van der Waals surface area contributed by atoms with Crippen molar-refractivity contribution in [3.63, 3.8) is 0 Å². The number of benzene rings is 4. The Balaban J connectivity index is 0.914. The molecule has 3 saturated heterocycles. The highest BCUT2D eigenvalue weighted by atomic mass is 16.6. The minimum Gasteiger partial charge on any atom is -0.491 e. The summed E-state index contributed by atoms with van der Waals surface area (Å²) in [5.41, 5.74) is 3.72. The third-order valence-electron chi connectivity index (χ3n) is 11.2. The molecule has 0 saturated carbocycles. The monoisotopic (exact) mass is 692 g/mol. The van der Waals surface area contributed by atoms with E-state index in [1.165, 1.54) is 22.3 Å². The van der Waals surface area contributed by atoms with Crippen molar-refractivity contribution >= 4 is 0 Å². The Labute approximate surface area is 303 Å². The van der Waals surface area contributed by atoms with E-state index in [-0.39, 0.29) is 34.7 Å². The minimum absolute atomic E-state index is 0.177. The molecule has 3 heterocycles. The van der Waals surface area contributed by atoms with E-state index in [4.69, 9.17) is 33.2 Å². The molecule has 0 amide bonds. The molecule has 7 nitrogen and oxygen atoms in total. The first-order valence-corrected chi connectivity index (χ1v) is 18.3. The van der Waals surface area contributed by atoms with Gasteiger partial charge < -0.3 is 33.2 Å². The van der Waals surface area contributed by atoms with Gasteiger partial charge in [-0.15, -0.1) is 0 Å². The Morgan fingerprint density at radius 2 is 1.02 bits per heavy atom. The smallest absolute Gasteiger partial charge is 0.159 e. The SMILES string of the molecule is CCC(C)(Oc1ccc(C(C)(C)c2ccc(OCC3OCC3(C)Oc3ccc(C(C)(C)c4ccc(OCC5CO5)cc4)cc3)cc2)cc1)C1CO1. The van der Waals surface area contributed by atoms with Crippen molar-refractivity contribution in [1.82, 2.24) is 0 Å². The molecule has 0 aromatic heterocycles. The molecule has 3 aliphatic rings. The molecule has 4 aromatic rings. The molecule has 0 spiro atoms. The summed E-state index contributed by atoms with van der Waals surface area (Å²) in [5.74, 6) is 3.36. The zero-order valence-electron chi connectivity index (χ0n) is 31.1. The fourth-order valence-corrected chi connectivity index (χ4v) is 6.73. The molecule has 3 aliphatic heterocycles. The first-order chi connectivity index (χ1) is 24.4. The normalized spacial score (nSPS) is 23.8. The molecule has 0 bridgehead atoms. The van der Waals surface area contributed by atoms with E-state index in [1.807, 2.05) is 24.3 Å². The summed E-state index contributed by atoms with van der Waals surface area (Å²) < 4.78 is 41.6. The lowest BCUT2D eigenvalue weighted by atomic mass is 9.78. The standard InChI is InChI=1S/C44H52O7/c1-8-43(6,39-28-48-39)50-36-21-13-32(14-22-36)42(4,5)31-11-19-35(20-12-31)47-27-40-44(7,29-49-40)51-37-23-15-33(16-24-37)41(2,3)30-9-17-34(18-10-30)45-25-38-26-46-38/h9-24,38-40H,8,25-29H2,1-7H3. The van der Waals surface area contributed by atoms with Crippen molar-refractivity contribution in [1.29, 1.82) is 0 Å². The zero-order valence-corrected chi connectivity index (χ0v) is 31.1. The lowest BCUT2D eigenvalue weighted by molar-refractivity contribution is -0.222. The minimum atomic E-state index is -0.476. The molecule has 51 heavy (non-hydrogen) atoms. The van der Waals surface area contributed by atoms with E-state index in [0.29, 0.717) is 19.8 Å². The van der Waals surface area contributed by atoms with Gasteiger partial charge in [0.2, 0.25) is 0 Å². The summed E-state index contributed by atoms with van der Waals surface area (Å²) in [5, 5.41) is 0. The van der Waals surface area contributed by atoms with Crippen LogP contribution in [0.2, 0.25) is 0 Å². The highest BCUT2D eigenvalue weighted by Gasteiger charge is 2.48. The van der Waals surface area contributed by atoms with E-state index < -0.39 is 5.60 Å². The van der Waals surface area contributed by atoms with E-state index in [9.17, 15) is 0 Å². The molecule has 5 atom stereocenters. The van der Waals surface area contributed by atoms with Gasteiger partial charge in [0.1, 0.15) is 60.1 Å². The molecule has 0 aliphatic carbocycles. The number of rotatable bonds is 16. The van der Waals surface area contributed by atoms with Crippen LogP contribution in [0, 0.1) is 0 Å². The molecular formula is C44H52O7. The van der Waals surface area contributed by atoms with Gasteiger partial charge in [-0.1, -0.05) is 83.1 Å². The van der Waals surface area contributed by atoms with Gasteiger partial charge in [-0.3, -0.25) is 0 Å². The molecule has 4 aromatic carbocycles. The van der Waals surface area contributed by atoms with Crippen LogP contribution in [-0.2, 0) is 25.0 Å². The van der Waals surface area contributed by atoms with Crippen LogP contribution < -0.4 is 18.9 Å². The van der Waals surface area contributed by atoms with E-state index in [0.717, 1.165) is 42.6 Å². The maximum absolute atomic E-state index is 6.50. The van der Waals surface area contributed by atoms with Gasteiger partial charge in [-0.05, 0) is 91.1 Å². The summed E-state index contributed by atoms with van der Waals surface area (Å²) in [6.07, 6.45) is 1.14. The molecule has 3 fully saturated rings. The quantitative estimate of drug-likeness (QED) is 0.109. The summed E-state index contributed by atoms with van der Waals surface area (Å²) in [7, 11) is 0. The Morgan fingerprint density at radius 3 is 1.41 bits per heavy atom. The third kappa shape index (κ3) is 7.76.